The first-order valence-corrected chi connectivity index (χ1v) is 10.4. The summed E-state index contributed by atoms with van der Waals surface area (Å²) in [5.41, 5.74) is -5.90. The molecule has 2 rings (SSSR count). The molecule has 0 bridgehead atoms. The number of hydrogen-bond acceptors (Lipinski definition) is 8. The summed E-state index contributed by atoms with van der Waals surface area (Å²) in [4.78, 5) is 29.5. The molecule has 0 aliphatic heterocycles. The minimum atomic E-state index is -5.07. The lowest BCUT2D eigenvalue weighted by Crippen LogP contribution is -2.46. The van der Waals surface area contributed by atoms with Gasteiger partial charge in [-0.15, -0.1) is 0 Å². The molecule has 0 radical (unpaired) electrons. The molecule has 10 nitrogen and oxygen atoms in total. The fourth-order valence-electron chi connectivity index (χ4n) is 2.51. The van der Waals surface area contributed by atoms with Crippen LogP contribution in [-0.2, 0) is 20.8 Å². The lowest BCUT2D eigenvalue weighted by Gasteiger charge is -2.22. The Balaban J connectivity index is 2.28. The third kappa shape index (κ3) is 5.79. The molecule has 2 amide bonds. The zero-order chi connectivity index (χ0) is 25.2. The van der Waals surface area contributed by atoms with Crippen LogP contribution in [0, 0.1) is 17.1 Å². The lowest BCUT2D eigenvalue weighted by molar-refractivity contribution is -0.141. The monoisotopic (exact) mass is 489 g/mol. The Hall–Kier alpha value is -3.64. The number of aromatic nitrogens is 2. The first kappa shape index (κ1) is 25.6. The number of nitrogens with one attached hydrogen (secondary N) is 2. The van der Waals surface area contributed by atoms with E-state index in [2.05, 4.69) is 15.3 Å². The minimum absolute atomic E-state index is 0.444. The molecule has 0 saturated heterocycles. The van der Waals surface area contributed by atoms with Crippen molar-refractivity contribution in [3.8, 4) is 6.07 Å². The number of carbonyl (C=O) groups excluding carboxylic acids is 2. The Kier molecular flexibility index (Phi) is 7.05. The van der Waals surface area contributed by atoms with Crippen LogP contribution in [0.3, 0.4) is 0 Å². The van der Waals surface area contributed by atoms with Crippen molar-refractivity contribution in [2.45, 2.75) is 23.6 Å². The van der Waals surface area contributed by atoms with E-state index in [-0.39, 0.29) is 0 Å². The van der Waals surface area contributed by atoms with Crippen molar-refractivity contribution < 1.29 is 40.7 Å². The predicted octanol–water partition coefficient (Wildman–Crippen LogP) is 1.03. The average Bonchev–Trinajstić information content (AvgIpc) is 2.71. The van der Waals surface area contributed by atoms with Crippen molar-refractivity contribution in [3.05, 3.63) is 47.2 Å². The molecule has 1 aromatic heterocycles. The van der Waals surface area contributed by atoms with E-state index in [0.29, 0.717) is 12.3 Å². The maximum absolute atomic E-state index is 14.1. The maximum atomic E-state index is 14.1. The summed E-state index contributed by atoms with van der Waals surface area (Å²) >= 11 is 0. The number of halogens is 4. The summed E-state index contributed by atoms with van der Waals surface area (Å²) in [6.45, 7) is 0.761. The first-order valence-electron chi connectivity index (χ1n) is 8.75. The molecule has 176 valence electrons. The van der Waals surface area contributed by atoms with Crippen molar-refractivity contribution in [1.29, 1.82) is 5.26 Å². The van der Waals surface area contributed by atoms with Gasteiger partial charge in [-0.2, -0.15) is 18.4 Å². The van der Waals surface area contributed by atoms with Gasteiger partial charge in [-0.25, -0.2) is 22.8 Å². The molecule has 1 heterocycles. The van der Waals surface area contributed by atoms with Crippen LogP contribution in [0.1, 0.15) is 28.7 Å². The number of carbonyl (C=O) groups is 2. The summed E-state index contributed by atoms with van der Waals surface area (Å²) in [6.07, 6.45) is -4.46. The Bertz CT molecular complexity index is 1260. The molecule has 1 atom stereocenters. The van der Waals surface area contributed by atoms with Gasteiger partial charge in [-0.1, -0.05) is 0 Å². The smallest absolute Gasteiger partial charge is 0.379 e. The molecular weight excluding hydrogens is 474 g/mol. The number of nitriles is 1. The molecule has 15 heteroatoms. The zero-order valence-corrected chi connectivity index (χ0v) is 17.7. The number of nitrogens with zero attached hydrogens (tertiary/aromatic N) is 3. The molecule has 0 aliphatic rings. The van der Waals surface area contributed by atoms with Crippen molar-refractivity contribution >= 4 is 27.5 Å². The summed E-state index contributed by atoms with van der Waals surface area (Å²) in [7, 11) is -3.28. The van der Waals surface area contributed by atoms with E-state index in [1.807, 2.05) is 0 Å². The number of amides is 2. The molecular formula is C18H15F4N5O5S. The number of aliphatic hydroxyl groups is 1. The van der Waals surface area contributed by atoms with E-state index in [1.54, 1.807) is 5.32 Å². The van der Waals surface area contributed by atoms with E-state index >= 15 is 0 Å². The van der Waals surface area contributed by atoms with Gasteiger partial charge in [0.05, 0.1) is 22.4 Å². The van der Waals surface area contributed by atoms with E-state index in [9.17, 15) is 40.7 Å². The minimum Gasteiger partial charge on any atom is -0.379 e. The largest absolute Gasteiger partial charge is 0.436 e. The van der Waals surface area contributed by atoms with Crippen LogP contribution in [0.15, 0.2) is 29.3 Å². The second-order valence-corrected chi connectivity index (χ2v) is 8.76. The fourth-order valence-corrected chi connectivity index (χ4v) is 4.10. The van der Waals surface area contributed by atoms with E-state index in [1.165, 1.54) is 13.1 Å². The maximum Gasteiger partial charge on any atom is 0.436 e. The standard InChI is InChI=1S/C18H15F4N5O5S/c1-17(30,8-33(31,32)9-3-4-10(11(19)5-9)15(28)24-2)16(29)27-13-7-25-12(6-23)14(26-13)18(20,21)22/h3-5,7,30H,8H2,1-2H3,(H,24,28)(H,26,27,29)/t17-/m0/s1. The van der Waals surface area contributed by atoms with Gasteiger partial charge in [0.1, 0.15) is 11.9 Å². The van der Waals surface area contributed by atoms with E-state index in [0.717, 1.165) is 19.1 Å². The second-order valence-electron chi connectivity index (χ2n) is 6.77. The van der Waals surface area contributed by atoms with Gasteiger partial charge in [0.25, 0.3) is 11.8 Å². The third-order valence-corrected chi connectivity index (χ3v) is 6.03. The Labute approximate surface area is 184 Å². The van der Waals surface area contributed by atoms with Crippen molar-refractivity contribution in [1.82, 2.24) is 15.3 Å². The van der Waals surface area contributed by atoms with Crippen molar-refractivity contribution in [2.75, 3.05) is 18.1 Å². The van der Waals surface area contributed by atoms with Crippen LogP contribution in [0.4, 0.5) is 23.4 Å². The molecule has 1 aromatic carbocycles. The molecule has 3 N–H and O–H groups in total. The summed E-state index contributed by atoms with van der Waals surface area (Å²) in [5, 5.41) is 23.0. The van der Waals surface area contributed by atoms with Crippen LogP contribution in [0.25, 0.3) is 0 Å². The van der Waals surface area contributed by atoms with Crippen LogP contribution in [-0.4, -0.2) is 53.7 Å². The summed E-state index contributed by atoms with van der Waals surface area (Å²) in [6, 6.07) is 3.49. The van der Waals surface area contributed by atoms with E-state index in [4.69, 9.17) is 5.26 Å². The summed E-state index contributed by atoms with van der Waals surface area (Å²) < 4.78 is 78.1. The fraction of sp³-hybridized carbons (Fsp3) is 0.278. The first-order chi connectivity index (χ1) is 15.1. The van der Waals surface area contributed by atoms with Gasteiger partial charge in [-0.05, 0) is 25.1 Å². The van der Waals surface area contributed by atoms with Gasteiger partial charge < -0.3 is 15.7 Å². The number of alkyl halides is 3. The summed E-state index contributed by atoms with van der Waals surface area (Å²) in [5.74, 6) is -5.54. The highest BCUT2D eigenvalue weighted by Gasteiger charge is 2.39. The molecule has 0 spiro atoms. The van der Waals surface area contributed by atoms with Crippen LogP contribution in [0.5, 0.6) is 0 Å². The van der Waals surface area contributed by atoms with Gasteiger partial charge in [0.2, 0.25) is 0 Å². The number of sulfone groups is 1. The predicted molar refractivity (Wildman–Crippen MR) is 103 cm³/mol. The zero-order valence-electron chi connectivity index (χ0n) is 16.9. The number of hydrogen-bond donors (Lipinski definition) is 3. The van der Waals surface area contributed by atoms with Crippen molar-refractivity contribution in [2.24, 2.45) is 0 Å². The molecule has 33 heavy (non-hydrogen) atoms. The number of benzene rings is 1. The molecule has 0 unspecified atom stereocenters. The SMILES string of the molecule is CNC(=O)c1ccc(S(=O)(=O)C[C@](C)(O)C(=O)Nc2cnc(C#N)c(C(F)(F)F)n2)cc1F. The Morgan fingerprint density at radius 2 is 1.91 bits per heavy atom. The third-order valence-electron chi connectivity index (χ3n) is 4.12. The molecule has 2 aromatic rings. The highest BCUT2D eigenvalue weighted by molar-refractivity contribution is 7.91. The van der Waals surface area contributed by atoms with Gasteiger partial charge in [0, 0.05) is 7.05 Å². The van der Waals surface area contributed by atoms with Crippen LogP contribution in [0.2, 0.25) is 0 Å². The van der Waals surface area contributed by atoms with Crippen molar-refractivity contribution in [3.63, 3.8) is 0 Å². The Morgan fingerprint density at radius 3 is 2.42 bits per heavy atom. The molecule has 0 saturated carbocycles. The average molecular weight is 489 g/mol. The number of anilines is 1. The normalized spacial score (nSPS) is 13.5. The van der Waals surface area contributed by atoms with Crippen LogP contribution >= 0.6 is 0 Å². The molecule has 0 aliphatic carbocycles. The number of rotatable bonds is 6. The lowest BCUT2D eigenvalue weighted by atomic mass is 10.1. The Morgan fingerprint density at radius 1 is 1.27 bits per heavy atom. The van der Waals surface area contributed by atoms with Gasteiger partial charge in [-0.3, -0.25) is 9.59 Å². The highest BCUT2D eigenvalue weighted by atomic mass is 32.2. The van der Waals surface area contributed by atoms with Crippen LogP contribution < -0.4 is 10.6 Å². The van der Waals surface area contributed by atoms with Gasteiger partial charge >= 0.3 is 6.18 Å². The second kappa shape index (κ2) is 9.08. The van der Waals surface area contributed by atoms with E-state index < -0.39 is 72.7 Å². The highest BCUT2D eigenvalue weighted by Crippen LogP contribution is 2.30. The topological polar surface area (TPSA) is 162 Å². The van der Waals surface area contributed by atoms with Gasteiger partial charge in [0.15, 0.2) is 32.6 Å². The molecule has 0 fully saturated rings. The quantitative estimate of drug-likeness (QED) is 0.507.